The first-order chi connectivity index (χ1) is 8.60. The third kappa shape index (κ3) is 2.76. The second kappa shape index (κ2) is 5.31. The zero-order valence-corrected chi connectivity index (χ0v) is 10.9. The number of nitrogens with zero attached hydrogens (tertiary/aromatic N) is 2. The molecule has 96 valence electrons. The molecule has 4 heteroatoms. The predicted octanol–water partition coefficient (Wildman–Crippen LogP) is 2.66. The predicted molar refractivity (Wildman–Crippen MR) is 69.9 cm³/mol. The second-order valence-electron chi connectivity index (χ2n) is 4.55. The van der Waals surface area contributed by atoms with Crippen LogP contribution in [0.25, 0.3) is 0 Å². The highest BCUT2D eigenvalue weighted by Crippen LogP contribution is 2.14. The maximum atomic E-state index is 13.0. The number of halogens is 1. The molecule has 0 aliphatic rings. The molecule has 0 radical (unpaired) electrons. The van der Waals surface area contributed by atoms with Gasteiger partial charge in [0.2, 0.25) is 0 Å². The molecule has 1 heterocycles. The largest absolute Gasteiger partial charge is 0.313 e. The van der Waals surface area contributed by atoms with Crippen molar-refractivity contribution in [1.29, 1.82) is 0 Å². The smallest absolute Gasteiger partial charge is 0.123 e. The molecule has 0 saturated heterocycles. The first kappa shape index (κ1) is 12.8. The molecule has 1 N–H and O–H groups in total. The van der Waals surface area contributed by atoms with Gasteiger partial charge in [-0.3, -0.25) is 4.68 Å². The normalized spacial score (nSPS) is 12.7. The summed E-state index contributed by atoms with van der Waals surface area (Å²) in [5.41, 5.74) is 3.19. The number of benzene rings is 1. The van der Waals surface area contributed by atoms with Crippen LogP contribution in [-0.2, 0) is 6.54 Å². The first-order valence-corrected chi connectivity index (χ1v) is 6.05. The van der Waals surface area contributed by atoms with E-state index in [9.17, 15) is 4.39 Å². The van der Waals surface area contributed by atoms with E-state index < -0.39 is 0 Å². The Hall–Kier alpha value is -1.68. The summed E-state index contributed by atoms with van der Waals surface area (Å²) < 4.78 is 14.9. The Balaban J connectivity index is 2.16. The lowest BCUT2D eigenvalue weighted by atomic mass is 10.1. The molecule has 0 bridgehead atoms. The van der Waals surface area contributed by atoms with Crippen LogP contribution in [-0.4, -0.2) is 16.8 Å². The van der Waals surface area contributed by atoms with Gasteiger partial charge < -0.3 is 5.32 Å². The summed E-state index contributed by atoms with van der Waals surface area (Å²) >= 11 is 0. The average Bonchev–Trinajstić information content (AvgIpc) is 2.80. The monoisotopic (exact) mass is 247 g/mol. The minimum atomic E-state index is -0.193. The third-order valence-corrected chi connectivity index (χ3v) is 3.22. The molecule has 2 aromatic rings. The average molecular weight is 247 g/mol. The van der Waals surface area contributed by atoms with Crippen LogP contribution in [0, 0.1) is 12.7 Å². The molecule has 0 spiro atoms. The molecule has 0 aliphatic carbocycles. The van der Waals surface area contributed by atoms with Gasteiger partial charge in [-0.25, -0.2) is 4.39 Å². The Morgan fingerprint density at radius 2 is 2.22 bits per heavy atom. The highest BCUT2D eigenvalue weighted by atomic mass is 19.1. The van der Waals surface area contributed by atoms with Gasteiger partial charge in [0, 0.05) is 17.8 Å². The Morgan fingerprint density at radius 3 is 2.89 bits per heavy atom. The van der Waals surface area contributed by atoms with Crippen LogP contribution in [0.3, 0.4) is 0 Å². The van der Waals surface area contributed by atoms with Crippen LogP contribution in [0.4, 0.5) is 4.39 Å². The lowest BCUT2D eigenvalue weighted by Gasteiger charge is -2.07. The minimum absolute atomic E-state index is 0.193. The second-order valence-corrected chi connectivity index (χ2v) is 4.55. The van der Waals surface area contributed by atoms with E-state index in [1.54, 1.807) is 6.07 Å². The van der Waals surface area contributed by atoms with Crippen LogP contribution in [0.2, 0.25) is 0 Å². The van der Waals surface area contributed by atoms with Gasteiger partial charge in [-0.15, -0.1) is 0 Å². The van der Waals surface area contributed by atoms with Gasteiger partial charge in [0.05, 0.1) is 12.7 Å². The number of hydrogen-bond acceptors (Lipinski definition) is 2. The summed E-state index contributed by atoms with van der Waals surface area (Å²) in [5, 5.41) is 7.50. The van der Waals surface area contributed by atoms with Crippen LogP contribution < -0.4 is 5.32 Å². The fourth-order valence-electron chi connectivity index (χ4n) is 1.87. The molecule has 0 aliphatic heterocycles. The fraction of sp³-hybridized carbons (Fsp3) is 0.357. The highest BCUT2D eigenvalue weighted by Gasteiger charge is 2.07. The van der Waals surface area contributed by atoms with Crippen LogP contribution in [0.1, 0.15) is 29.7 Å². The summed E-state index contributed by atoms with van der Waals surface area (Å²) in [7, 11) is 1.92. The number of rotatable bonds is 4. The third-order valence-electron chi connectivity index (χ3n) is 3.22. The molecule has 1 unspecified atom stereocenters. The number of nitrogens with one attached hydrogen (secondary N) is 1. The summed E-state index contributed by atoms with van der Waals surface area (Å²) in [6, 6.07) is 5.14. The van der Waals surface area contributed by atoms with Crippen molar-refractivity contribution in [3.8, 4) is 0 Å². The lowest BCUT2D eigenvalue weighted by molar-refractivity contribution is 0.622. The standard InChI is InChI=1S/C14H18FN3/c1-10-6-14(15)5-4-12(10)8-18-9-13(7-17-18)11(2)16-3/h4-7,9,11,16H,8H2,1-3H3. The molecule has 3 nitrogen and oxygen atoms in total. The zero-order chi connectivity index (χ0) is 13.1. The number of aromatic nitrogens is 2. The Bertz CT molecular complexity index is 534. The lowest BCUT2D eigenvalue weighted by Crippen LogP contribution is -2.11. The SMILES string of the molecule is CNC(C)c1cnn(Cc2ccc(F)cc2C)c1. The highest BCUT2D eigenvalue weighted by molar-refractivity contribution is 5.26. The summed E-state index contributed by atoms with van der Waals surface area (Å²) in [5.74, 6) is -0.193. The van der Waals surface area contributed by atoms with Crippen molar-refractivity contribution >= 4 is 0 Å². The van der Waals surface area contributed by atoms with Gasteiger partial charge in [-0.1, -0.05) is 6.07 Å². The van der Waals surface area contributed by atoms with E-state index >= 15 is 0 Å². The van der Waals surface area contributed by atoms with E-state index in [4.69, 9.17) is 0 Å². The van der Waals surface area contributed by atoms with Crippen molar-refractivity contribution in [2.75, 3.05) is 7.05 Å². The van der Waals surface area contributed by atoms with Crippen molar-refractivity contribution in [2.24, 2.45) is 0 Å². The van der Waals surface area contributed by atoms with E-state index in [0.717, 1.165) is 16.7 Å². The van der Waals surface area contributed by atoms with Crippen molar-refractivity contribution in [1.82, 2.24) is 15.1 Å². The Morgan fingerprint density at radius 1 is 1.44 bits per heavy atom. The molecule has 1 aromatic heterocycles. The molecule has 2 rings (SSSR count). The molecule has 1 aromatic carbocycles. The van der Waals surface area contributed by atoms with Crippen LogP contribution in [0.15, 0.2) is 30.6 Å². The fourth-order valence-corrected chi connectivity index (χ4v) is 1.87. The molecule has 18 heavy (non-hydrogen) atoms. The molecular formula is C14H18FN3. The van der Waals surface area contributed by atoms with Crippen molar-refractivity contribution in [2.45, 2.75) is 26.4 Å². The van der Waals surface area contributed by atoms with Crippen molar-refractivity contribution in [3.63, 3.8) is 0 Å². The van der Waals surface area contributed by atoms with E-state index in [-0.39, 0.29) is 11.9 Å². The topological polar surface area (TPSA) is 29.9 Å². The van der Waals surface area contributed by atoms with E-state index in [2.05, 4.69) is 17.3 Å². The van der Waals surface area contributed by atoms with Gasteiger partial charge in [-0.05, 0) is 44.2 Å². The molecule has 0 fully saturated rings. The quantitative estimate of drug-likeness (QED) is 0.900. The molecule has 0 amide bonds. The molecule has 1 atom stereocenters. The maximum Gasteiger partial charge on any atom is 0.123 e. The molecule has 0 saturated carbocycles. The maximum absolute atomic E-state index is 13.0. The Kier molecular flexibility index (Phi) is 3.77. The van der Waals surface area contributed by atoms with E-state index in [1.165, 1.54) is 6.07 Å². The van der Waals surface area contributed by atoms with Gasteiger partial charge in [0.1, 0.15) is 5.82 Å². The first-order valence-electron chi connectivity index (χ1n) is 6.05. The molecular weight excluding hydrogens is 229 g/mol. The number of aryl methyl sites for hydroxylation is 1. The summed E-state index contributed by atoms with van der Waals surface area (Å²) in [6.07, 6.45) is 3.88. The summed E-state index contributed by atoms with van der Waals surface area (Å²) in [4.78, 5) is 0. The van der Waals surface area contributed by atoms with Gasteiger partial charge in [0.25, 0.3) is 0 Å². The van der Waals surface area contributed by atoms with E-state index in [0.29, 0.717) is 6.54 Å². The summed E-state index contributed by atoms with van der Waals surface area (Å²) in [6.45, 7) is 4.67. The van der Waals surface area contributed by atoms with Crippen LogP contribution in [0.5, 0.6) is 0 Å². The zero-order valence-electron chi connectivity index (χ0n) is 10.9. The van der Waals surface area contributed by atoms with Crippen molar-refractivity contribution in [3.05, 3.63) is 53.1 Å². The van der Waals surface area contributed by atoms with Gasteiger partial charge in [0.15, 0.2) is 0 Å². The number of hydrogen-bond donors (Lipinski definition) is 1. The van der Waals surface area contributed by atoms with Crippen LogP contribution >= 0.6 is 0 Å². The van der Waals surface area contributed by atoms with Crippen molar-refractivity contribution < 1.29 is 4.39 Å². The minimum Gasteiger partial charge on any atom is -0.313 e. The Labute approximate surface area is 107 Å². The van der Waals surface area contributed by atoms with Gasteiger partial charge >= 0.3 is 0 Å². The van der Waals surface area contributed by atoms with Gasteiger partial charge in [-0.2, -0.15) is 5.10 Å². The van der Waals surface area contributed by atoms with E-state index in [1.807, 2.05) is 37.1 Å².